The number of rotatable bonds is 2. The summed E-state index contributed by atoms with van der Waals surface area (Å²) < 4.78 is 5.22. The Balaban J connectivity index is 2.66. The lowest BCUT2D eigenvalue weighted by Crippen LogP contribution is -2.17. The Morgan fingerprint density at radius 3 is 2.64 bits per heavy atom. The molecule has 1 aliphatic rings. The van der Waals surface area contributed by atoms with Crippen molar-refractivity contribution in [2.75, 3.05) is 0 Å². The monoisotopic (exact) mass is 196 g/mol. The molecule has 0 saturated heterocycles. The van der Waals surface area contributed by atoms with Crippen molar-refractivity contribution in [3.8, 4) is 0 Å². The molecule has 0 fully saturated rings. The average molecular weight is 196 g/mol. The van der Waals surface area contributed by atoms with E-state index < -0.39 is 0 Å². The van der Waals surface area contributed by atoms with Crippen LogP contribution in [0.2, 0.25) is 0 Å². The predicted molar refractivity (Wildman–Crippen MR) is 56.6 cm³/mol. The van der Waals surface area contributed by atoms with Crippen molar-refractivity contribution < 1.29 is 9.53 Å². The van der Waals surface area contributed by atoms with Crippen LogP contribution in [0.25, 0.3) is 0 Å². The van der Waals surface area contributed by atoms with E-state index in [0.29, 0.717) is 11.8 Å². The van der Waals surface area contributed by atoms with Gasteiger partial charge < -0.3 is 4.74 Å². The Bertz CT molecular complexity index is 251. The molecule has 1 aliphatic carbocycles. The van der Waals surface area contributed by atoms with E-state index in [1.807, 2.05) is 0 Å². The summed E-state index contributed by atoms with van der Waals surface area (Å²) in [7, 11) is 0. The summed E-state index contributed by atoms with van der Waals surface area (Å²) in [6.07, 6.45) is 3.24. The summed E-state index contributed by atoms with van der Waals surface area (Å²) in [4.78, 5) is 10.9. The van der Waals surface area contributed by atoms with Crippen molar-refractivity contribution in [3.05, 3.63) is 11.3 Å². The Morgan fingerprint density at radius 1 is 1.50 bits per heavy atom. The molecule has 14 heavy (non-hydrogen) atoms. The van der Waals surface area contributed by atoms with Gasteiger partial charge in [0.25, 0.3) is 0 Å². The third kappa shape index (κ3) is 2.86. The largest absolute Gasteiger partial charge is 0.431 e. The first-order valence-electron chi connectivity index (χ1n) is 5.37. The van der Waals surface area contributed by atoms with E-state index in [1.54, 1.807) is 0 Å². The molecular formula is C12H20O2. The summed E-state index contributed by atoms with van der Waals surface area (Å²) in [5.74, 6) is 2.08. The smallest absolute Gasteiger partial charge is 0.307 e. The standard InChI is InChI=1S/C12H20O2/c1-8(2)11-6-5-9(3)12(7-11)14-10(4)13/h8,11H,5-7H2,1-4H3. The van der Waals surface area contributed by atoms with Crippen LogP contribution in [0.15, 0.2) is 11.3 Å². The third-order valence-corrected chi connectivity index (χ3v) is 3.02. The maximum atomic E-state index is 10.9. The number of allylic oxidation sites excluding steroid dienone is 2. The molecule has 1 rings (SSSR count). The summed E-state index contributed by atoms with van der Waals surface area (Å²) in [6.45, 7) is 8.00. The lowest BCUT2D eigenvalue weighted by molar-refractivity contribution is -0.137. The van der Waals surface area contributed by atoms with E-state index in [9.17, 15) is 4.79 Å². The van der Waals surface area contributed by atoms with Gasteiger partial charge in [-0.3, -0.25) is 4.79 Å². The number of carbonyl (C=O) groups is 1. The highest BCUT2D eigenvalue weighted by Gasteiger charge is 2.23. The van der Waals surface area contributed by atoms with Gasteiger partial charge in [-0.2, -0.15) is 0 Å². The molecule has 0 spiro atoms. The van der Waals surface area contributed by atoms with Gasteiger partial charge in [0.2, 0.25) is 0 Å². The SMILES string of the molecule is CC(=O)OC1=C(C)CCC(C(C)C)C1. The molecule has 0 N–H and O–H groups in total. The normalized spacial score (nSPS) is 22.8. The highest BCUT2D eigenvalue weighted by molar-refractivity contribution is 5.67. The van der Waals surface area contributed by atoms with Gasteiger partial charge in [0, 0.05) is 13.3 Å². The van der Waals surface area contributed by atoms with Crippen molar-refractivity contribution in [1.82, 2.24) is 0 Å². The summed E-state index contributed by atoms with van der Waals surface area (Å²) in [5, 5.41) is 0. The third-order valence-electron chi connectivity index (χ3n) is 3.02. The van der Waals surface area contributed by atoms with E-state index in [0.717, 1.165) is 18.6 Å². The van der Waals surface area contributed by atoms with Crippen molar-refractivity contribution in [1.29, 1.82) is 0 Å². The number of esters is 1. The van der Waals surface area contributed by atoms with Crippen molar-refractivity contribution >= 4 is 5.97 Å². The summed E-state index contributed by atoms with van der Waals surface area (Å²) in [6, 6.07) is 0. The summed E-state index contributed by atoms with van der Waals surface area (Å²) in [5.41, 5.74) is 1.25. The topological polar surface area (TPSA) is 26.3 Å². The molecule has 0 bridgehead atoms. The van der Waals surface area contributed by atoms with Crippen LogP contribution in [-0.4, -0.2) is 5.97 Å². The molecule has 0 heterocycles. The number of carbonyl (C=O) groups excluding carboxylic acids is 1. The Kier molecular flexibility index (Phi) is 3.73. The Labute approximate surface area is 86.3 Å². The molecular weight excluding hydrogens is 176 g/mol. The number of ether oxygens (including phenoxy) is 1. The maximum absolute atomic E-state index is 10.9. The van der Waals surface area contributed by atoms with E-state index >= 15 is 0 Å². The minimum absolute atomic E-state index is 0.191. The molecule has 0 aliphatic heterocycles. The maximum Gasteiger partial charge on any atom is 0.307 e. The Hall–Kier alpha value is -0.790. The van der Waals surface area contributed by atoms with Crippen LogP contribution in [0.5, 0.6) is 0 Å². The molecule has 2 nitrogen and oxygen atoms in total. The van der Waals surface area contributed by atoms with Gasteiger partial charge in [-0.1, -0.05) is 13.8 Å². The number of hydrogen-bond acceptors (Lipinski definition) is 2. The molecule has 0 radical (unpaired) electrons. The van der Waals surface area contributed by atoms with Crippen LogP contribution in [0.3, 0.4) is 0 Å². The van der Waals surface area contributed by atoms with Gasteiger partial charge >= 0.3 is 5.97 Å². The van der Waals surface area contributed by atoms with E-state index in [-0.39, 0.29) is 5.97 Å². The van der Waals surface area contributed by atoms with Crippen LogP contribution >= 0.6 is 0 Å². The van der Waals surface area contributed by atoms with Gasteiger partial charge in [0.1, 0.15) is 5.76 Å². The van der Waals surface area contributed by atoms with E-state index in [4.69, 9.17) is 4.74 Å². The van der Waals surface area contributed by atoms with E-state index in [2.05, 4.69) is 20.8 Å². The fourth-order valence-corrected chi connectivity index (χ4v) is 1.93. The lowest BCUT2D eigenvalue weighted by Gasteiger charge is -2.27. The van der Waals surface area contributed by atoms with Gasteiger partial charge in [0.15, 0.2) is 0 Å². The number of hydrogen-bond donors (Lipinski definition) is 0. The van der Waals surface area contributed by atoms with Crippen molar-refractivity contribution in [2.24, 2.45) is 11.8 Å². The van der Waals surface area contributed by atoms with Gasteiger partial charge in [-0.15, -0.1) is 0 Å². The zero-order valence-corrected chi connectivity index (χ0v) is 9.59. The van der Waals surface area contributed by atoms with Crippen LogP contribution < -0.4 is 0 Å². The first kappa shape index (κ1) is 11.3. The van der Waals surface area contributed by atoms with Crippen LogP contribution in [0, 0.1) is 11.8 Å². The highest BCUT2D eigenvalue weighted by atomic mass is 16.5. The average Bonchev–Trinajstić information content (AvgIpc) is 2.07. The first-order valence-corrected chi connectivity index (χ1v) is 5.37. The zero-order valence-electron chi connectivity index (χ0n) is 9.59. The zero-order chi connectivity index (χ0) is 10.7. The second kappa shape index (κ2) is 4.63. The molecule has 0 aromatic rings. The predicted octanol–water partition coefficient (Wildman–Crippen LogP) is 3.28. The molecule has 0 aromatic carbocycles. The molecule has 0 aromatic heterocycles. The lowest BCUT2D eigenvalue weighted by atomic mass is 9.82. The second-order valence-electron chi connectivity index (χ2n) is 4.54. The van der Waals surface area contributed by atoms with Gasteiger partial charge in [-0.25, -0.2) is 0 Å². The molecule has 1 atom stereocenters. The van der Waals surface area contributed by atoms with Gasteiger partial charge in [-0.05, 0) is 37.2 Å². The van der Waals surface area contributed by atoms with Crippen molar-refractivity contribution in [2.45, 2.75) is 47.0 Å². The van der Waals surface area contributed by atoms with Crippen molar-refractivity contribution in [3.63, 3.8) is 0 Å². The minimum Gasteiger partial charge on any atom is -0.431 e. The van der Waals surface area contributed by atoms with Crippen LogP contribution in [0.1, 0.15) is 47.0 Å². The fourth-order valence-electron chi connectivity index (χ4n) is 1.93. The van der Waals surface area contributed by atoms with Gasteiger partial charge in [0.05, 0.1) is 0 Å². The van der Waals surface area contributed by atoms with Crippen LogP contribution in [-0.2, 0) is 9.53 Å². The fraction of sp³-hybridized carbons (Fsp3) is 0.750. The van der Waals surface area contributed by atoms with Crippen LogP contribution in [0.4, 0.5) is 0 Å². The molecule has 0 saturated carbocycles. The molecule has 80 valence electrons. The first-order chi connectivity index (χ1) is 6.50. The Morgan fingerprint density at radius 2 is 2.14 bits per heavy atom. The highest BCUT2D eigenvalue weighted by Crippen LogP contribution is 2.34. The molecule has 0 amide bonds. The molecule has 1 unspecified atom stereocenters. The summed E-state index contributed by atoms with van der Waals surface area (Å²) >= 11 is 0. The van der Waals surface area contributed by atoms with E-state index in [1.165, 1.54) is 18.9 Å². The molecule has 2 heteroatoms. The quantitative estimate of drug-likeness (QED) is 0.633. The minimum atomic E-state index is -0.191. The second-order valence-corrected chi connectivity index (χ2v) is 4.54.